The van der Waals surface area contributed by atoms with Gasteiger partial charge in [0.15, 0.2) is 0 Å². The van der Waals surface area contributed by atoms with Gasteiger partial charge in [0.2, 0.25) is 0 Å². The van der Waals surface area contributed by atoms with Gasteiger partial charge >= 0.3 is 0 Å². The standard InChI is InChI=1S/C28H46O3/c1-22(30-25-15-9-5-3-6-10-16-25)20-24-14-13-19-28(29)27(24)21-23(2)31-26-17-11-7-4-8-12-18-26/h13-14,19,22-23,25-26,29H,3-12,15-18,20-21H2,1-2H3. The first-order chi connectivity index (χ1) is 15.1. The van der Waals surface area contributed by atoms with E-state index in [1.165, 1.54) is 95.5 Å². The van der Waals surface area contributed by atoms with Gasteiger partial charge in [-0.15, -0.1) is 0 Å². The Balaban J connectivity index is 1.55. The van der Waals surface area contributed by atoms with Crippen LogP contribution in [0.2, 0.25) is 0 Å². The molecule has 0 aromatic heterocycles. The van der Waals surface area contributed by atoms with Crippen molar-refractivity contribution in [2.24, 2.45) is 0 Å². The molecule has 0 saturated heterocycles. The van der Waals surface area contributed by atoms with Gasteiger partial charge in [-0.1, -0.05) is 76.3 Å². The number of rotatable bonds is 8. The quantitative estimate of drug-likeness (QED) is 0.463. The molecule has 2 atom stereocenters. The van der Waals surface area contributed by atoms with E-state index in [0.29, 0.717) is 18.0 Å². The Labute approximate surface area is 190 Å². The third-order valence-corrected chi connectivity index (χ3v) is 7.20. The highest BCUT2D eigenvalue weighted by Gasteiger charge is 2.20. The van der Waals surface area contributed by atoms with Crippen LogP contribution in [0.3, 0.4) is 0 Å². The largest absolute Gasteiger partial charge is 0.508 e. The number of benzene rings is 1. The maximum Gasteiger partial charge on any atom is 0.119 e. The lowest BCUT2D eigenvalue weighted by molar-refractivity contribution is -0.0175. The molecule has 0 heterocycles. The van der Waals surface area contributed by atoms with E-state index in [1.807, 2.05) is 12.1 Å². The molecule has 0 radical (unpaired) electrons. The number of aromatic hydroxyl groups is 1. The summed E-state index contributed by atoms with van der Waals surface area (Å²) >= 11 is 0. The van der Waals surface area contributed by atoms with E-state index in [0.717, 1.165) is 18.4 Å². The molecule has 1 aromatic carbocycles. The normalized spacial score (nSPS) is 22.1. The zero-order valence-corrected chi connectivity index (χ0v) is 20.1. The van der Waals surface area contributed by atoms with Crippen molar-refractivity contribution in [1.82, 2.24) is 0 Å². The van der Waals surface area contributed by atoms with Crippen LogP contribution in [0, 0.1) is 0 Å². The van der Waals surface area contributed by atoms with E-state index in [1.54, 1.807) is 0 Å². The summed E-state index contributed by atoms with van der Waals surface area (Å²) in [5.41, 5.74) is 2.26. The molecule has 0 aliphatic heterocycles. The van der Waals surface area contributed by atoms with E-state index in [9.17, 15) is 5.11 Å². The lowest BCUT2D eigenvalue weighted by atomic mass is 9.95. The van der Waals surface area contributed by atoms with Crippen LogP contribution in [0.25, 0.3) is 0 Å². The Kier molecular flexibility index (Phi) is 10.7. The molecule has 3 heteroatoms. The summed E-state index contributed by atoms with van der Waals surface area (Å²) in [6.07, 6.45) is 20.8. The summed E-state index contributed by atoms with van der Waals surface area (Å²) in [6, 6.07) is 5.95. The summed E-state index contributed by atoms with van der Waals surface area (Å²) < 4.78 is 12.9. The van der Waals surface area contributed by atoms with Gasteiger partial charge in [-0.25, -0.2) is 0 Å². The first kappa shape index (κ1) is 24.6. The summed E-state index contributed by atoms with van der Waals surface area (Å²) in [5.74, 6) is 0.406. The summed E-state index contributed by atoms with van der Waals surface area (Å²) in [4.78, 5) is 0. The lowest BCUT2D eigenvalue weighted by Crippen LogP contribution is -2.25. The predicted octanol–water partition coefficient (Wildman–Crippen LogP) is 7.51. The Hall–Kier alpha value is -1.06. The number of phenols is 1. The molecule has 2 saturated carbocycles. The van der Waals surface area contributed by atoms with Crippen molar-refractivity contribution in [3.8, 4) is 5.75 Å². The molecule has 0 bridgehead atoms. The third kappa shape index (κ3) is 8.77. The molecule has 3 rings (SSSR count). The van der Waals surface area contributed by atoms with E-state index in [-0.39, 0.29) is 12.2 Å². The molecular formula is C28H46O3. The second-order valence-corrected chi connectivity index (χ2v) is 10.2. The van der Waals surface area contributed by atoms with Gasteiger partial charge in [-0.3, -0.25) is 0 Å². The molecule has 2 fully saturated rings. The van der Waals surface area contributed by atoms with Gasteiger partial charge in [0.25, 0.3) is 0 Å². The molecule has 2 unspecified atom stereocenters. The monoisotopic (exact) mass is 430 g/mol. The average molecular weight is 431 g/mol. The van der Waals surface area contributed by atoms with Crippen molar-refractivity contribution in [3.63, 3.8) is 0 Å². The average Bonchev–Trinajstić information content (AvgIpc) is 2.68. The second-order valence-electron chi connectivity index (χ2n) is 10.2. The molecule has 176 valence electrons. The van der Waals surface area contributed by atoms with Crippen LogP contribution in [0.5, 0.6) is 5.75 Å². The summed E-state index contributed by atoms with van der Waals surface area (Å²) in [5, 5.41) is 10.6. The first-order valence-corrected chi connectivity index (χ1v) is 13.2. The van der Waals surface area contributed by atoms with Gasteiger partial charge in [-0.05, 0) is 63.1 Å². The van der Waals surface area contributed by atoms with Crippen molar-refractivity contribution in [1.29, 1.82) is 0 Å². The molecule has 31 heavy (non-hydrogen) atoms. The molecule has 2 aliphatic carbocycles. The lowest BCUT2D eigenvalue weighted by Gasteiger charge is -2.27. The van der Waals surface area contributed by atoms with Gasteiger partial charge < -0.3 is 14.6 Å². The maximum atomic E-state index is 10.6. The minimum atomic E-state index is 0.123. The fraction of sp³-hybridized carbons (Fsp3) is 0.786. The van der Waals surface area contributed by atoms with Gasteiger partial charge in [0, 0.05) is 6.42 Å². The first-order valence-electron chi connectivity index (χ1n) is 13.2. The Morgan fingerprint density at radius 1 is 0.710 bits per heavy atom. The Morgan fingerprint density at radius 3 is 1.68 bits per heavy atom. The maximum absolute atomic E-state index is 10.6. The van der Waals surface area contributed by atoms with Crippen molar-refractivity contribution < 1.29 is 14.6 Å². The topological polar surface area (TPSA) is 38.7 Å². The van der Waals surface area contributed by atoms with E-state index < -0.39 is 0 Å². The molecule has 0 spiro atoms. The third-order valence-electron chi connectivity index (χ3n) is 7.20. The SMILES string of the molecule is CC(Cc1cccc(O)c1CC(C)OC1CCCCCCC1)OC1CCCCCCC1. The van der Waals surface area contributed by atoms with Gasteiger partial charge in [0.05, 0.1) is 24.4 Å². The zero-order chi connectivity index (χ0) is 21.9. The minimum absolute atomic E-state index is 0.123. The van der Waals surface area contributed by atoms with Gasteiger partial charge in [0.1, 0.15) is 5.75 Å². The summed E-state index contributed by atoms with van der Waals surface area (Å²) in [6.45, 7) is 4.37. The second kappa shape index (κ2) is 13.5. The van der Waals surface area contributed by atoms with E-state index in [2.05, 4.69) is 19.9 Å². The van der Waals surface area contributed by atoms with Crippen molar-refractivity contribution in [2.45, 2.75) is 141 Å². The number of hydrogen-bond donors (Lipinski definition) is 1. The van der Waals surface area contributed by atoms with Crippen LogP contribution in [-0.2, 0) is 22.3 Å². The molecule has 3 nitrogen and oxygen atoms in total. The fourth-order valence-electron chi connectivity index (χ4n) is 5.51. The number of ether oxygens (including phenoxy) is 2. The molecule has 2 aliphatic rings. The van der Waals surface area contributed by atoms with Crippen LogP contribution in [-0.4, -0.2) is 29.5 Å². The van der Waals surface area contributed by atoms with Crippen LogP contribution < -0.4 is 0 Å². The Bertz CT molecular complexity index is 613. The summed E-state index contributed by atoms with van der Waals surface area (Å²) in [7, 11) is 0. The molecule has 1 aromatic rings. The highest BCUT2D eigenvalue weighted by Crippen LogP contribution is 2.28. The van der Waals surface area contributed by atoms with Crippen molar-refractivity contribution in [3.05, 3.63) is 29.3 Å². The highest BCUT2D eigenvalue weighted by atomic mass is 16.5. The van der Waals surface area contributed by atoms with Crippen LogP contribution in [0.15, 0.2) is 18.2 Å². The van der Waals surface area contributed by atoms with Crippen LogP contribution >= 0.6 is 0 Å². The van der Waals surface area contributed by atoms with E-state index in [4.69, 9.17) is 9.47 Å². The molecule has 0 amide bonds. The van der Waals surface area contributed by atoms with Gasteiger partial charge in [-0.2, -0.15) is 0 Å². The minimum Gasteiger partial charge on any atom is -0.508 e. The smallest absolute Gasteiger partial charge is 0.119 e. The zero-order valence-electron chi connectivity index (χ0n) is 20.1. The molecule has 1 N–H and O–H groups in total. The van der Waals surface area contributed by atoms with Crippen molar-refractivity contribution >= 4 is 0 Å². The fourth-order valence-corrected chi connectivity index (χ4v) is 5.51. The Morgan fingerprint density at radius 2 is 1.16 bits per heavy atom. The number of hydrogen-bond acceptors (Lipinski definition) is 3. The van der Waals surface area contributed by atoms with Crippen LogP contribution in [0.4, 0.5) is 0 Å². The van der Waals surface area contributed by atoms with Crippen LogP contribution in [0.1, 0.15) is 115 Å². The molecular weight excluding hydrogens is 384 g/mol. The highest BCUT2D eigenvalue weighted by molar-refractivity contribution is 5.40. The van der Waals surface area contributed by atoms with E-state index >= 15 is 0 Å². The number of phenolic OH excluding ortho intramolecular Hbond substituents is 1. The predicted molar refractivity (Wildman–Crippen MR) is 129 cm³/mol. The van der Waals surface area contributed by atoms with Crippen molar-refractivity contribution in [2.75, 3.05) is 0 Å².